The average Bonchev–Trinajstić information content (AvgIpc) is 2.87. The largest absolute Gasteiger partial charge is 0.450 e. The van der Waals surface area contributed by atoms with Crippen LogP contribution in [0.2, 0.25) is 0 Å². The summed E-state index contributed by atoms with van der Waals surface area (Å²) < 4.78 is 5.34. The molecule has 78 valence electrons. The number of thiophene rings is 1. The molecule has 0 fully saturated rings. The second-order valence-corrected chi connectivity index (χ2v) is 4.40. The molecule has 2 heterocycles. The third-order valence-electron chi connectivity index (χ3n) is 1.62. The van der Waals surface area contributed by atoms with Gasteiger partial charge in [0.25, 0.3) is 11.1 Å². The Bertz CT molecular complexity index is 427. The standard InChI is InChI=1S/C8H7N3O2S2/c9-7(12)6(5-2-1-3-14-5)13-8-11-10-4-15-8/h1-4,6H,(H2,9,12). The number of hydrogen-bond acceptors (Lipinski definition) is 6. The molecule has 1 unspecified atom stereocenters. The lowest BCUT2D eigenvalue weighted by atomic mass is 10.3. The summed E-state index contributed by atoms with van der Waals surface area (Å²) in [5, 5.41) is 9.50. The summed E-state index contributed by atoms with van der Waals surface area (Å²) in [6.45, 7) is 0. The number of hydrogen-bond donors (Lipinski definition) is 1. The lowest BCUT2D eigenvalue weighted by molar-refractivity contribution is -0.124. The normalized spacial score (nSPS) is 12.3. The third kappa shape index (κ3) is 2.31. The Morgan fingerprint density at radius 2 is 2.40 bits per heavy atom. The van der Waals surface area contributed by atoms with E-state index in [2.05, 4.69) is 10.2 Å². The Morgan fingerprint density at radius 1 is 1.53 bits per heavy atom. The Hall–Kier alpha value is -1.47. The van der Waals surface area contributed by atoms with Gasteiger partial charge in [0.05, 0.1) is 4.88 Å². The molecule has 0 aliphatic carbocycles. The van der Waals surface area contributed by atoms with Crippen LogP contribution >= 0.6 is 22.7 Å². The number of carbonyl (C=O) groups is 1. The molecule has 0 aromatic carbocycles. The first kappa shape index (κ1) is 10.1. The minimum Gasteiger partial charge on any atom is -0.450 e. The van der Waals surface area contributed by atoms with Crippen LogP contribution in [0.4, 0.5) is 0 Å². The summed E-state index contributed by atoms with van der Waals surface area (Å²) in [5.41, 5.74) is 6.77. The van der Waals surface area contributed by atoms with Gasteiger partial charge in [-0.05, 0) is 11.4 Å². The quantitative estimate of drug-likeness (QED) is 0.872. The zero-order chi connectivity index (χ0) is 10.7. The molecule has 0 aliphatic rings. The predicted octanol–water partition coefficient (Wildman–Crippen LogP) is 1.21. The number of rotatable bonds is 4. The fourth-order valence-corrected chi connectivity index (χ4v) is 2.20. The second-order valence-electron chi connectivity index (χ2n) is 2.62. The molecule has 0 saturated heterocycles. The molecular weight excluding hydrogens is 234 g/mol. The molecule has 0 bridgehead atoms. The van der Waals surface area contributed by atoms with Crippen molar-refractivity contribution in [2.45, 2.75) is 6.10 Å². The molecular formula is C8H7N3O2S2. The zero-order valence-corrected chi connectivity index (χ0v) is 9.12. The summed E-state index contributed by atoms with van der Waals surface area (Å²) >= 11 is 2.63. The lowest BCUT2D eigenvalue weighted by Crippen LogP contribution is -2.25. The highest BCUT2D eigenvalue weighted by molar-refractivity contribution is 7.11. The predicted molar refractivity (Wildman–Crippen MR) is 56.8 cm³/mol. The van der Waals surface area contributed by atoms with Gasteiger partial charge in [0.1, 0.15) is 5.51 Å². The van der Waals surface area contributed by atoms with E-state index >= 15 is 0 Å². The Morgan fingerprint density at radius 3 is 2.93 bits per heavy atom. The van der Waals surface area contributed by atoms with Crippen LogP contribution in [-0.2, 0) is 4.79 Å². The fourth-order valence-electron chi connectivity index (χ4n) is 1.01. The summed E-state index contributed by atoms with van der Waals surface area (Å²) in [6, 6.07) is 3.63. The van der Waals surface area contributed by atoms with Crippen LogP contribution in [0, 0.1) is 0 Å². The SMILES string of the molecule is NC(=O)C(Oc1nncs1)c1cccs1. The number of carbonyl (C=O) groups excluding carboxylic acids is 1. The van der Waals surface area contributed by atoms with Gasteiger partial charge in [0.2, 0.25) is 6.10 Å². The van der Waals surface area contributed by atoms with E-state index in [1.807, 2.05) is 11.4 Å². The van der Waals surface area contributed by atoms with Gasteiger partial charge in [-0.15, -0.1) is 21.5 Å². The summed E-state index contributed by atoms with van der Waals surface area (Å²) in [5.74, 6) is -0.535. The minimum atomic E-state index is -0.780. The van der Waals surface area contributed by atoms with E-state index in [4.69, 9.17) is 10.5 Å². The second kappa shape index (κ2) is 4.37. The number of nitrogens with zero attached hydrogens (tertiary/aromatic N) is 2. The number of nitrogens with two attached hydrogens (primary N) is 1. The van der Waals surface area contributed by atoms with E-state index < -0.39 is 12.0 Å². The van der Waals surface area contributed by atoms with Crippen molar-refractivity contribution in [3.05, 3.63) is 27.9 Å². The van der Waals surface area contributed by atoms with Crippen molar-refractivity contribution in [1.82, 2.24) is 10.2 Å². The molecule has 2 rings (SSSR count). The summed E-state index contributed by atoms with van der Waals surface area (Å²) in [7, 11) is 0. The van der Waals surface area contributed by atoms with Gasteiger partial charge in [-0.1, -0.05) is 17.4 Å². The van der Waals surface area contributed by atoms with Gasteiger partial charge < -0.3 is 10.5 Å². The number of ether oxygens (including phenoxy) is 1. The van der Waals surface area contributed by atoms with Gasteiger partial charge >= 0.3 is 0 Å². The van der Waals surface area contributed by atoms with Crippen LogP contribution in [0.1, 0.15) is 11.0 Å². The first-order valence-corrected chi connectivity index (χ1v) is 5.79. The molecule has 0 spiro atoms. The molecule has 2 aromatic rings. The van der Waals surface area contributed by atoms with E-state index in [0.717, 1.165) is 4.88 Å². The van der Waals surface area contributed by atoms with E-state index in [1.54, 1.807) is 6.07 Å². The van der Waals surface area contributed by atoms with E-state index in [-0.39, 0.29) is 0 Å². The molecule has 0 saturated carbocycles. The molecule has 2 aromatic heterocycles. The maximum absolute atomic E-state index is 11.2. The maximum Gasteiger partial charge on any atom is 0.294 e. The number of aromatic nitrogens is 2. The van der Waals surface area contributed by atoms with E-state index in [9.17, 15) is 4.79 Å². The van der Waals surface area contributed by atoms with Gasteiger partial charge in [-0.3, -0.25) is 4.79 Å². The first-order chi connectivity index (χ1) is 7.27. The highest BCUT2D eigenvalue weighted by Crippen LogP contribution is 2.25. The minimum absolute atomic E-state index is 0.340. The van der Waals surface area contributed by atoms with Crippen LogP contribution < -0.4 is 10.5 Å². The van der Waals surface area contributed by atoms with Crippen molar-refractivity contribution >= 4 is 28.6 Å². The fraction of sp³-hybridized carbons (Fsp3) is 0.125. The van der Waals surface area contributed by atoms with Crippen LogP contribution in [0.5, 0.6) is 5.19 Å². The average molecular weight is 241 g/mol. The molecule has 7 heteroatoms. The summed E-state index contributed by atoms with van der Waals surface area (Å²) in [6.07, 6.45) is -0.780. The lowest BCUT2D eigenvalue weighted by Gasteiger charge is -2.10. The highest BCUT2D eigenvalue weighted by Gasteiger charge is 2.21. The molecule has 1 amide bonds. The first-order valence-electron chi connectivity index (χ1n) is 4.03. The third-order valence-corrected chi connectivity index (χ3v) is 3.11. The topological polar surface area (TPSA) is 78.1 Å². The van der Waals surface area contributed by atoms with Crippen LogP contribution in [0.25, 0.3) is 0 Å². The van der Waals surface area contributed by atoms with E-state index in [1.165, 1.54) is 28.2 Å². The Balaban J connectivity index is 2.18. The molecule has 0 radical (unpaired) electrons. The van der Waals surface area contributed by atoms with Crippen molar-refractivity contribution in [3.8, 4) is 5.19 Å². The molecule has 5 nitrogen and oxygen atoms in total. The highest BCUT2D eigenvalue weighted by atomic mass is 32.1. The molecule has 15 heavy (non-hydrogen) atoms. The number of amides is 1. The Labute approximate surface area is 93.5 Å². The van der Waals surface area contributed by atoms with Crippen molar-refractivity contribution in [1.29, 1.82) is 0 Å². The molecule has 1 atom stereocenters. The van der Waals surface area contributed by atoms with Crippen molar-refractivity contribution < 1.29 is 9.53 Å². The van der Waals surface area contributed by atoms with Crippen LogP contribution in [-0.4, -0.2) is 16.1 Å². The van der Waals surface area contributed by atoms with E-state index in [0.29, 0.717) is 5.19 Å². The molecule has 2 N–H and O–H groups in total. The zero-order valence-electron chi connectivity index (χ0n) is 7.49. The van der Waals surface area contributed by atoms with Gasteiger partial charge in [0.15, 0.2) is 0 Å². The molecule has 0 aliphatic heterocycles. The van der Waals surface area contributed by atoms with Crippen molar-refractivity contribution in [2.75, 3.05) is 0 Å². The van der Waals surface area contributed by atoms with Gasteiger partial charge in [-0.25, -0.2) is 0 Å². The van der Waals surface area contributed by atoms with Crippen LogP contribution in [0.15, 0.2) is 23.0 Å². The maximum atomic E-state index is 11.2. The van der Waals surface area contributed by atoms with Gasteiger partial charge in [0, 0.05) is 0 Å². The van der Waals surface area contributed by atoms with Crippen LogP contribution in [0.3, 0.4) is 0 Å². The smallest absolute Gasteiger partial charge is 0.294 e. The number of primary amides is 1. The van der Waals surface area contributed by atoms with Gasteiger partial charge in [-0.2, -0.15) is 0 Å². The van der Waals surface area contributed by atoms with Crippen molar-refractivity contribution in [2.24, 2.45) is 5.73 Å². The monoisotopic (exact) mass is 241 g/mol. The van der Waals surface area contributed by atoms with Crippen molar-refractivity contribution in [3.63, 3.8) is 0 Å². The Kier molecular flexibility index (Phi) is 2.93. The summed E-state index contributed by atoms with van der Waals surface area (Å²) in [4.78, 5) is 11.9.